The number of nitrogens with two attached hydrogens (primary N) is 1. The summed E-state index contributed by atoms with van der Waals surface area (Å²) >= 11 is 0. The summed E-state index contributed by atoms with van der Waals surface area (Å²) in [7, 11) is 0. The summed E-state index contributed by atoms with van der Waals surface area (Å²) in [6, 6.07) is 0. The van der Waals surface area contributed by atoms with E-state index in [1.807, 2.05) is 6.92 Å². The minimum absolute atomic E-state index is 0.654. The van der Waals surface area contributed by atoms with E-state index in [1.165, 1.54) is 38.5 Å². The molecule has 90 valence electrons. The molecule has 0 amide bonds. The van der Waals surface area contributed by atoms with Crippen LogP contribution in [0.25, 0.3) is 0 Å². The Morgan fingerprint density at radius 2 is 2.12 bits per heavy atom. The molecule has 4 heteroatoms. The molecule has 0 spiro atoms. The predicted molar refractivity (Wildman–Crippen MR) is 67.4 cm³/mol. The summed E-state index contributed by atoms with van der Waals surface area (Å²) in [5, 5.41) is 3.31. The lowest BCUT2D eigenvalue weighted by Gasteiger charge is -2.21. The molecule has 0 aromatic carbocycles. The molecule has 4 nitrogen and oxygen atoms in total. The molecule has 1 aliphatic rings. The van der Waals surface area contributed by atoms with Crippen LogP contribution < -0.4 is 11.1 Å². The SMILES string of the molecule is Cc1nc(NCCC2CCCCC2)c(N)[nH]1. The van der Waals surface area contributed by atoms with Gasteiger partial charge in [-0.1, -0.05) is 32.1 Å². The molecule has 1 aliphatic carbocycles. The van der Waals surface area contributed by atoms with E-state index >= 15 is 0 Å². The number of aromatic nitrogens is 2. The second kappa shape index (κ2) is 5.23. The summed E-state index contributed by atoms with van der Waals surface area (Å²) in [5.41, 5.74) is 5.78. The number of aromatic amines is 1. The van der Waals surface area contributed by atoms with Crippen molar-refractivity contribution >= 4 is 11.6 Å². The molecule has 0 bridgehead atoms. The van der Waals surface area contributed by atoms with E-state index in [4.69, 9.17) is 5.73 Å². The van der Waals surface area contributed by atoms with Gasteiger partial charge in [-0.05, 0) is 19.3 Å². The third kappa shape index (κ3) is 2.90. The number of nitrogens with zero attached hydrogens (tertiary/aromatic N) is 1. The number of rotatable bonds is 4. The van der Waals surface area contributed by atoms with E-state index in [0.717, 1.165) is 24.1 Å². The molecule has 0 unspecified atom stereocenters. The summed E-state index contributed by atoms with van der Waals surface area (Å²) < 4.78 is 0. The fourth-order valence-electron chi connectivity index (χ4n) is 2.52. The Labute approximate surface area is 97.0 Å². The molecule has 4 N–H and O–H groups in total. The van der Waals surface area contributed by atoms with Crippen molar-refractivity contribution in [2.45, 2.75) is 45.4 Å². The largest absolute Gasteiger partial charge is 0.382 e. The van der Waals surface area contributed by atoms with Crippen molar-refractivity contribution < 1.29 is 0 Å². The van der Waals surface area contributed by atoms with Crippen LogP contribution in [0.2, 0.25) is 0 Å². The molecule has 1 fully saturated rings. The van der Waals surface area contributed by atoms with Crippen molar-refractivity contribution in [2.24, 2.45) is 5.92 Å². The topological polar surface area (TPSA) is 66.7 Å². The second-order valence-corrected chi connectivity index (χ2v) is 4.80. The Balaban J connectivity index is 1.73. The van der Waals surface area contributed by atoms with E-state index in [-0.39, 0.29) is 0 Å². The van der Waals surface area contributed by atoms with Crippen molar-refractivity contribution in [1.82, 2.24) is 9.97 Å². The van der Waals surface area contributed by atoms with E-state index in [2.05, 4.69) is 15.3 Å². The normalized spacial score (nSPS) is 17.6. The highest BCUT2D eigenvalue weighted by Crippen LogP contribution is 2.26. The molecule has 0 radical (unpaired) electrons. The van der Waals surface area contributed by atoms with Crippen molar-refractivity contribution in [2.75, 3.05) is 17.6 Å². The fourth-order valence-corrected chi connectivity index (χ4v) is 2.52. The Kier molecular flexibility index (Phi) is 3.70. The standard InChI is InChI=1S/C12H22N4/c1-9-15-11(13)12(16-9)14-8-7-10-5-3-2-4-6-10/h10,14H,2-8,13H2,1H3,(H,15,16). The van der Waals surface area contributed by atoms with Gasteiger partial charge < -0.3 is 16.0 Å². The van der Waals surface area contributed by atoms with Gasteiger partial charge in [0.05, 0.1) is 0 Å². The zero-order valence-corrected chi connectivity index (χ0v) is 10.1. The number of nitrogen functional groups attached to an aromatic ring is 1. The van der Waals surface area contributed by atoms with E-state index in [0.29, 0.717) is 5.82 Å². The van der Waals surface area contributed by atoms with Gasteiger partial charge in [0.25, 0.3) is 0 Å². The van der Waals surface area contributed by atoms with Crippen LogP contribution in [0.1, 0.15) is 44.3 Å². The first-order valence-corrected chi connectivity index (χ1v) is 6.31. The summed E-state index contributed by atoms with van der Waals surface area (Å²) in [6.07, 6.45) is 8.29. The first-order valence-electron chi connectivity index (χ1n) is 6.31. The molecule has 0 atom stereocenters. The molecule has 1 aromatic heterocycles. The third-order valence-corrected chi connectivity index (χ3v) is 3.42. The molecular formula is C12H22N4. The maximum atomic E-state index is 5.78. The Morgan fingerprint density at radius 3 is 2.75 bits per heavy atom. The zero-order chi connectivity index (χ0) is 11.4. The lowest BCUT2D eigenvalue weighted by Crippen LogP contribution is -2.12. The Bertz CT molecular complexity index is 326. The van der Waals surface area contributed by atoms with Crippen LogP contribution in [0.4, 0.5) is 11.6 Å². The van der Waals surface area contributed by atoms with Crippen LogP contribution in [-0.4, -0.2) is 16.5 Å². The van der Waals surface area contributed by atoms with Gasteiger partial charge in [0.15, 0.2) is 5.82 Å². The Hall–Kier alpha value is -1.19. The van der Waals surface area contributed by atoms with Gasteiger partial charge in [-0.25, -0.2) is 4.98 Å². The van der Waals surface area contributed by atoms with Crippen LogP contribution in [0.5, 0.6) is 0 Å². The number of imidazole rings is 1. The number of H-pyrrole nitrogens is 1. The highest BCUT2D eigenvalue weighted by molar-refractivity contribution is 5.56. The van der Waals surface area contributed by atoms with Crippen molar-refractivity contribution in [3.63, 3.8) is 0 Å². The van der Waals surface area contributed by atoms with Crippen molar-refractivity contribution in [3.05, 3.63) is 5.82 Å². The highest BCUT2D eigenvalue weighted by Gasteiger charge is 2.13. The van der Waals surface area contributed by atoms with Gasteiger partial charge in [0.2, 0.25) is 0 Å². The first-order chi connectivity index (χ1) is 7.75. The minimum Gasteiger partial charge on any atom is -0.382 e. The van der Waals surface area contributed by atoms with Crippen LogP contribution >= 0.6 is 0 Å². The van der Waals surface area contributed by atoms with Crippen LogP contribution in [0.15, 0.2) is 0 Å². The second-order valence-electron chi connectivity index (χ2n) is 4.80. The average molecular weight is 222 g/mol. The number of aryl methyl sites for hydroxylation is 1. The van der Waals surface area contributed by atoms with Gasteiger partial charge in [-0.15, -0.1) is 0 Å². The summed E-state index contributed by atoms with van der Waals surface area (Å²) in [4.78, 5) is 7.30. The van der Waals surface area contributed by atoms with Crippen LogP contribution in [0.3, 0.4) is 0 Å². The van der Waals surface area contributed by atoms with E-state index < -0.39 is 0 Å². The molecule has 0 saturated heterocycles. The van der Waals surface area contributed by atoms with Crippen LogP contribution in [0, 0.1) is 12.8 Å². The minimum atomic E-state index is 0.654. The molecule has 1 heterocycles. The van der Waals surface area contributed by atoms with E-state index in [1.54, 1.807) is 0 Å². The number of hydrogen-bond donors (Lipinski definition) is 3. The van der Waals surface area contributed by atoms with Gasteiger partial charge in [-0.3, -0.25) is 0 Å². The van der Waals surface area contributed by atoms with Gasteiger partial charge in [0, 0.05) is 6.54 Å². The van der Waals surface area contributed by atoms with Gasteiger partial charge >= 0.3 is 0 Å². The summed E-state index contributed by atoms with van der Waals surface area (Å²) in [5.74, 6) is 3.25. The summed E-state index contributed by atoms with van der Waals surface area (Å²) in [6.45, 7) is 2.90. The highest BCUT2D eigenvalue weighted by atomic mass is 15.1. The number of hydrogen-bond acceptors (Lipinski definition) is 3. The number of anilines is 2. The maximum absolute atomic E-state index is 5.78. The Morgan fingerprint density at radius 1 is 1.38 bits per heavy atom. The monoisotopic (exact) mass is 222 g/mol. The van der Waals surface area contributed by atoms with Crippen LogP contribution in [-0.2, 0) is 0 Å². The van der Waals surface area contributed by atoms with Crippen molar-refractivity contribution in [1.29, 1.82) is 0 Å². The average Bonchev–Trinajstić information content (AvgIpc) is 2.59. The molecule has 1 saturated carbocycles. The van der Waals surface area contributed by atoms with E-state index in [9.17, 15) is 0 Å². The number of nitrogens with one attached hydrogen (secondary N) is 2. The molecule has 1 aromatic rings. The predicted octanol–water partition coefficient (Wildman–Crippen LogP) is 2.68. The molecule has 0 aliphatic heterocycles. The molecular weight excluding hydrogens is 200 g/mol. The first kappa shape index (κ1) is 11.3. The third-order valence-electron chi connectivity index (χ3n) is 3.42. The quantitative estimate of drug-likeness (QED) is 0.733. The van der Waals surface area contributed by atoms with Crippen molar-refractivity contribution in [3.8, 4) is 0 Å². The lowest BCUT2D eigenvalue weighted by molar-refractivity contribution is 0.345. The smallest absolute Gasteiger partial charge is 0.168 e. The molecule has 16 heavy (non-hydrogen) atoms. The maximum Gasteiger partial charge on any atom is 0.168 e. The zero-order valence-electron chi connectivity index (χ0n) is 10.1. The fraction of sp³-hybridized carbons (Fsp3) is 0.750. The van der Waals surface area contributed by atoms with Gasteiger partial charge in [0.1, 0.15) is 11.6 Å². The van der Waals surface area contributed by atoms with Gasteiger partial charge in [-0.2, -0.15) is 0 Å². The lowest BCUT2D eigenvalue weighted by atomic mass is 9.87. The molecule has 2 rings (SSSR count).